The van der Waals surface area contributed by atoms with Crippen molar-refractivity contribution in [2.24, 2.45) is 10.9 Å². The molecule has 2 heterocycles. The van der Waals surface area contributed by atoms with Crippen LogP contribution in [0.2, 0.25) is 0 Å². The quantitative estimate of drug-likeness (QED) is 0.489. The van der Waals surface area contributed by atoms with Gasteiger partial charge in [-0.1, -0.05) is 38.1 Å². The second kappa shape index (κ2) is 11.7. The first kappa shape index (κ1) is 22.3. The molecule has 0 bridgehead atoms. The predicted molar refractivity (Wildman–Crippen MR) is 122 cm³/mol. The third-order valence-corrected chi connectivity index (χ3v) is 5.11. The number of hydrogen-bond acceptors (Lipinski definition) is 4. The van der Waals surface area contributed by atoms with Gasteiger partial charge in [0, 0.05) is 45.1 Å². The van der Waals surface area contributed by atoms with E-state index < -0.39 is 0 Å². The van der Waals surface area contributed by atoms with Crippen LogP contribution < -0.4 is 10.6 Å². The normalized spacial score (nSPS) is 18.0. The molecule has 0 aliphatic carbocycles. The van der Waals surface area contributed by atoms with E-state index in [1.54, 1.807) is 0 Å². The van der Waals surface area contributed by atoms with Gasteiger partial charge in [-0.2, -0.15) is 5.10 Å². The molecule has 30 heavy (non-hydrogen) atoms. The summed E-state index contributed by atoms with van der Waals surface area (Å²) >= 11 is 0. The van der Waals surface area contributed by atoms with Gasteiger partial charge >= 0.3 is 0 Å². The largest absolute Gasteiger partial charge is 0.374 e. The molecule has 164 valence electrons. The van der Waals surface area contributed by atoms with Crippen LogP contribution in [0.4, 0.5) is 0 Å². The van der Waals surface area contributed by atoms with Gasteiger partial charge in [-0.25, -0.2) is 4.99 Å². The van der Waals surface area contributed by atoms with Gasteiger partial charge in [0.1, 0.15) is 0 Å². The van der Waals surface area contributed by atoms with Gasteiger partial charge in [-0.05, 0) is 30.0 Å². The van der Waals surface area contributed by atoms with E-state index in [0.29, 0.717) is 12.5 Å². The van der Waals surface area contributed by atoms with Crippen molar-refractivity contribution in [3.63, 3.8) is 0 Å². The molecule has 1 aliphatic rings. The SMILES string of the molecule is CCNC(=NCc1ccccc1Cn1cccn1)NCC1CN(CC(C)C)CCO1. The number of nitrogens with one attached hydrogen (secondary N) is 2. The molecule has 1 fully saturated rings. The van der Waals surface area contributed by atoms with Gasteiger partial charge in [-0.15, -0.1) is 0 Å². The number of guanidine groups is 1. The third kappa shape index (κ3) is 7.15. The summed E-state index contributed by atoms with van der Waals surface area (Å²) in [5.74, 6) is 1.51. The van der Waals surface area contributed by atoms with Gasteiger partial charge in [0.05, 0.1) is 25.8 Å². The number of nitrogens with zero attached hydrogens (tertiary/aromatic N) is 4. The first-order valence-electron chi connectivity index (χ1n) is 11.0. The van der Waals surface area contributed by atoms with E-state index in [0.717, 1.165) is 51.8 Å². The minimum atomic E-state index is 0.188. The number of aliphatic imine (C=N–C) groups is 1. The van der Waals surface area contributed by atoms with Gasteiger partial charge in [0.2, 0.25) is 0 Å². The molecule has 1 aromatic heterocycles. The molecule has 2 aromatic rings. The summed E-state index contributed by atoms with van der Waals surface area (Å²) < 4.78 is 7.90. The van der Waals surface area contributed by atoms with E-state index in [-0.39, 0.29) is 6.10 Å². The predicted octanol–water partition coefficient (Wildman–Crippen LogP) is 2.34. The van der Waals surface area contributed by atoms with Crippen molar-refractivity contribution >= 4 is 5.96 Å². The van der Waals surface area contributed by atoms with Crippen LogP contribution in [0.1, 0.15) is 31.9 Å². The number of hydrogen-bond donors (Lipinski definition) is 2. The fourth-order valence-electron chi connectivity index (χ4n) is 3.74. The van der Waals surface area contributed by atoms with Crippen LogP contribution in [-0.2, 0) is 17.8 Å². The highest BCUT2D eigenvalue weighted by Gasteiger charge is 2.21. The second-order valence-corrected chi connectivity index (χ2v) is 8.19. The molecule has 1 atom stereocenters. The van der Waals surface area contributed by atoms with E-state index in [1.165, 1.54) is 11.1 Å². The Kier molecular flexibility index (Phi) is 8.71. The maximum absolute atomic E-state index is 5.96. The lowest BCUT2D eigenvalue weighted by molar-refractivity contribution is -0.0284. The number of benzene rings is 1. The molecule has 1 unspecified atom stereocenters. The van der Waals surface area contributed by atoms with Crippen LogP contribution >= 0.6 is 0 Å². The van der Waals surface area contributed by atoms with Crippen LogP contribution in [0.15, 0.2) is 47.7 Å². The highest BCUT2D eigenvalue weighted by atomic mass is 16.5. The lowest BCUT2D eigenvalue weighted by atomic mass is 10.1. The molecule has 1 aromatic carbocycles. The molecule has 0 radical (unpaired) electrons. The summed E-state index contributed by atoms with van der Waals surface area (Å²) in [6.07, 6.45) is 3.98. The summed E-state index contributed by atoms with van der Waals surface area (Å²) in [7, 11) is 0. The van der Waals surface area contributed by atoms with Gasteiger partial charge in [-0.3, -0.25) is 9.58 Å². The summed E-state index contributed by atoms with van der Waals surface area (Å²) in [5.41, 5.74) is 2.45. The van der Waals surface area contributed by atoms with Crippen molar-refractivity contribution in [1.82, 2.24) is 25.3 Å². The van der Waals surface area contributed by atoms with E-state index in [4.69, 9.17) is 9.73 Å². The maximum atomic E-state index is 5.96. The minimum Gasteiger partial charge on any atom is -0.374 e. The Labute approximate surface area is 180 Å². The summed E-state index contributed by atoms with van der Waals surface area (Å²) in [5, 5.41) is 11.1. The van der Waals surface area contributed by atoms with Crippen molar-refractivity contribution in [3.8, 4) is 0 Å². The van der Waals surface area contributed by atoms with E-state index >= 15 is 0 Å². The molecule has 3 rings (SSSR count). The topological polar surface area (TPSA) is 66.7 Å². The summed E-state index contributed by atoms with van der Waals surface area (Å²) in [6, 6.07) is 10.4. The number of rotatable bonds is 9. The first-order chi connectivity index (χ1) is 14.6. The van der Waals surface area contributed by atoms with Crippen molar-refractivity contribution < 1.29 is 4.74 Å². The Morgan fingerprint density at radius 3 is 2.80 bits per heavy atom. The van der Waals surface area contributed by atoms with E-state index in [1.807, 2.05) is 23.1 Å². The molecule has 1 aliphatic heterocycles. The highest BCUT2D eigenvalue weighted by molar-refractivity contribution is 5.79. The Balaban J connectivity index is 1.57. The Morgan fingerprint density at radius 1 is 1.23 bits per heavy atom. The standard InChI is InChI=1S/C23H36N6O/c1-4-24-23(26-15-22-18-28(12-13-30-22)16-19(2)3)25-14-20-8-5-6-9-21(20)17-29-11-7-10-27-29/h5-11,19,22H,4,12-18H2,1-3H3,(H2,24,25,26). The monoisotopic (exact) mass is 412 g/mol. The van der Waals surface area contributed by atoms with Crippen LogP contribution in [0, 0.1) is 5.92 Å². The average Bonchev–Trinajstić information content (AvgIpc) is 3.24. The zero-order chi connectivity index (χ0) is 21.2. The Bertz CT molecular complexity index is 774. The van der Waals surface area contributed by atoms with Gasteiger partial charge < -0.3 is 15.4 Å². The second-order valence-electron chi connectivity index (χ2n) is 8.19. The molecule has 7 nitrogen and oxygen atoms in total. The molecule has 2 N–H and O–H groups in total. The number of aromatic nitrogens is 2. The lowest BCUT2D eigenvalue weighted by Gasteiger charge is -2.34. The van der Waals surface area contributed by atoms with Crippen LogP contribution in [0.25, 0.3) is 0 Å². The molecule has 7 heteroatoms. The zero-order valence-corrected chi connectivity index (χ0v) is 18.6. The minimum absolute atomic E-state index is 0.188. The Hall–Kier alpha value is -2.38. The maximum Gasteiger partial charge on any atom is 0.191 e. The van der Waals surface area contributed by atoms with Crippen molar-refractivity contribution in [3.05, 3.63) is 53.9 Å². The van der Waals surface area contributed by atoms with Crippen molar-refractivity contribution in [2.75, 3.05) is 39.3 Å². The molecular formula is C23H36N6O. The van der Waals surface area contributed by atoms with E-state index in [2.05, 4.69) is 65.7 Å². The smallest absolute Gasteiger partial charge is 0.191 e. The van der Waals surface area contributed by atoms with Gasteiger partial charge in [0.15, 0.2) is 5.96 Å². The van der Waals surface area contributed by atoms with Crippen LogP contribution in [0.5, 0.6) is 0 Å². The zero-order valence-electron chi connectivity index (χ0n) is 18.6. The average molecular weight is 413 g/mol. The lowest BCUT2D eigenvalue weighted by Crippen LogP contribution is -2.50. The molecule has 0 amide bonds. The summed E-state index contributed by atoms with van der Waals surface area (Å²) in [6.45, 7) is 13.5. The number of ether oxygens (including phenoxy) is 1. The fourth-order valence-corrected chi connectivity index (χ4v) is 3.74. The molecule has 0 spiro atoms. The first-order valence-corrected chi connectivity index (χ1v) is 11.0. The van der Waals surface area contributed by atoms with Crippen molar-refractivity contribution in [1.29, 1.82) is 0 Å². The van der Waals surface area contributed by atoms with Gasteiger partial charge in [0.25, 0.3) is 0 Å². The van der Waals surface area contributed by atoms with E-state index in [9.17, 15) is 0 Å². The molecular weight excluding hydrogens is 376 g/mol. The fraction of sp³-hybridized carbons (Fsp3) is 0.565. The third-order valence-electron chi connectivity index (χ3n) is 5.11. The van der Waals surface area contributed by atoms with Crippen molar-refractivity contribution in [2.45, 2.75) is 40.0 Å². The Morgan fingerprint density at radius 2 is 2.07 bits per heavy atom. The van der Waals surface area contributed by atoms with Crippen LogP contribution in [0.3, 0.4) is 0 Å². The molecule has 0 saturated carbocycles. The highest BCUT2D eigenvalue weighted by Crippen LogP contribution is 2.12. The summed E-state index contributed by atoms with van der Waals surface area (Å²) in [4.78, 5) is 7.32. The van der Waals surface area contributed by atoms with Crippen LogP contribution in [-0.4, -0.2) is 66.1 Å². The number of morpholine rings is 1. The molecule has 1 saturated heterocycles.